The molecule has 2 aromatic heterocycles. The molecule has 4 rings (SSSR count). The van der Waals surface area contributed by atoms with Gasteiger partial charge in [-0.25, -0.2) is 9.78 Å². The zero-order valence-corrected chi connectivity index (χ0v) is 18.2. The Balaban J connectivity index is 1.40. The van der Waals surface area contributed by atoms with Crippen LogP contribution in [-0.4, -0.2) is 39.7 Å². The molecule has 1 saturated heterocycles. The van der Waals surface area contributed by atoms with Crippen LogP contribution in [0.3, 0.4) is 0 Å². The van der Waals surface area contributed by atoms with Gasteiger partial charge < -0.3 is 10.2 Å². The summed E-state index contributed by atoms with van der Waals surface area (Å²) in [6.45, 7) is 2.32. The molecule has 162 valence electrons. The van der Waals surface area contributed by atoms with E-state index < -0.39 is 18.0 Å². The molecule has 5 amide bonds. The number of nitrogens with one attached hydrogen (secondary N) is 3. The molecule has 0 radical (unpaired) electrons. The predicted octanol–water partition coefficient (Wildman–Crippen LogP) is 2.58. The molecule has 1 fully saturated rings. The SMILES string of the molecule is Cc1ccc(NC(=O)NCc2scc3c2CN(C2CCCC(=O)NC2=O)C3=O)nc1Cl. The van der Waals surface area contributed by atoms with Gasteiger partial charge in [-0.1, -0.05) is 17.7 Å². The minimum Gasteiger partial charge on any atom is -0.333 e. The number of carbonyl (C=O) groups is 4. The molecular weight excluding hydrogens is 442 g/mol. The predicted molar refractivity (Wildman–Crippen MR) is 115 cm³/mol. The number of imide groups is 1. The largest absolute Gasteiger partial charge is 0.333 e. The van der Waals surface area contributed by atoms with Crippen molar-refractivity contribution in [2.45, 2.75) is 45.3 Å². The Morgan fingerprint density at radius 2 is 2.16 bits per heavy atom. The molecule has 0 aromatic carbocycles. The number of hydrogen-bond donors (Lipinski definition) is 3. The number of thiophene rings is 1. The minimum atomic E-state index is -0.669. The molecule has 0 aliphatic carbocycles. The maximum absolute atomic E-state index is 12.8. The summed E-state index contributed by atoms with van der Waals surface area (Å²) in [4.78, 5) is 55.4. The van der Waals surface area contributed by atoms with Gasteiger partial charge in [0.2, 0.25) is 11.8 Å². The number of urea groups is 1. The Hall–Kier alpha value is -2.98. The van der Waals surface area contributed by atoms with Crippen LogP contribution in [0.5, 0.6) is 0 Å². The number of aromatic nitrogens is 1. The number of hydrogen-bond acceptors (Lipinski definition) is 6. The van der Waals surface area contributed by atoms with Crippen LogP contribution in [0, 0.1) is 6.92 Å². The van der Waals surface area contributed by atoms with Gasteiger partial charge >= 0.3 is 6.03 Å². The molecule has 31 heavy (non-hydrogen) atoms. The fourth-order valence-corrected chi connectivity index (χ4v) is 4.76. The third kappa shape index (κ3) is 4.40. The molecular formula is C20H20ClN5O4S. The van der Waals surface area contributed by atoms with Crippen LogP contribution in [0.4, 0.5) is 10.6 Å². The first-order chi connectivity index (χ1) is 14.8. The number of anilines is 1. The molecule has 4 heterocycles. The third-order valence-corrected chi connectivity index (χ3v) is 6.72. The van der Waals surface area contributed by atoms with Crippen LogP contribution in [0.2, 0.25) is 5.15 Å². The maximum Gasteiger partial charge on any atom is 0.320 e. The summed E-state index contributed by atoms with van der Waals surface area (Å²) >= 11 is 7.36. The zero-order chi connectivity index (χ0) is 22.1. The van der Waals surface area contributed by atoms with Gasteiger partial charge in [-0.3, -0.25) is 25.0 Å². The van der Waals surface area contributed by atoms with Gasteiger partial charge in [0.25, 0.3) is 5.91 Å². The number of aryl methyl sites for hydroxylation is 1. The smallest absolute Gasteiger partial charge is 0.320 e. The van der Waals surface area contributed by atoms with E-state index in [2.05, 4.69) is 20.9 Å². The number of nitrogens with zero attached hydrogens (tertiary/aromatic N) is 2. The molecule has 0 bridgehead atoms. The lowest BCUT2D eigenvalue weighted by atomic mass is 10.1. The summed E-state index contributed by atoms with van der Waals surface area (Å²) in [5, 5.41) is 9.78. The monoisotopic (exact) mass is 461 g/mol. The van der Waals surface area contributed by atoms with Crippen molar-refractivity contribution in [3.8, 4) is 0 Å². The first-order valence-electron chi connectivity index (χ1n) is 9.75. The number of amides is 5. The molecule has 3 N–H and O–H groups in total. The fraction of sp³-hybridized carbons (Fsp3) is 0.350. The molecule has 0 saturated carbocycles. The lowest BCUT2D eigenvalue weighted by Gasteiger charge is -2.25. The summed E-state index contributed by atoms with van der Waals surface area (Å²) in [6.07, 6.45) is 1.26. The Morgan fingerprint density at radius 1 is 1.35 bits per heavy atom. The van der Waals surface area contributed by atoms with E-state index >= 15 is 0 Å². The highest BCUT2D eigenvalue weighted by Crippen LogP contribution is 2.33. The summed E-state index contributed by atoms with van der Waals surface area (Å²) < 4.78 is 0. The Morgan fingerprint density at radius 3 is 2.94 bits per heavy atom. The standard InChI is InChI=1S/C20H20ClN5O4S/c1-10-5-6-15(23-17(10)21)24-20(30)22-7-14-11-8-26(19(29)12(11)9-31-14)13-3-2-4-16(27)25-18(13)28/h5-6,9,13H,2-4,7-8H2,1H3,(H,25,27,28)(H2,22,23,24,30). The van der Waals surface area contributed by atoms with E-state index in [1.54, 1.807) is 17.5 Å². The normalized spacial score (nSPS) is 18.5. The van der Waals surface area contributed by atoms with E-state index in [-0.39, 0.29) is 31.3 Å². The van der Waals surface area contributed by atoms with Crippen molar-refractivity contribution in [2.75, 3.05) is 5.32 Å². The van der Waals surface area contributed by atoms with Crippen molar-refractivity contribution in [3.63, 3.8) is 0 Å². The van der Waals surface area contributed by atoms with Gasteiger partial charge in [0.1, 0.15) is 17.0 Å². The van der Waals surface area contributed by atoms with Crippen molar-refractivity contribution in [2.24, 2.45) is 0 Å². The average Bonchev–Trinajstić information content (AvgIpc) is 3.21. The first kappa shape index (κ1) is 21.3. The van der Waals surface area contributed by atoms with Crippen molar-refractivity contribution >= 4 is 52.5 Å². The van der Waals surface area contributed by atoms with Crippen LogP contribution in [0.25, 0.3) is 0 Å². The van der Waals surface area contributed by atoms with E-state index in [1.807, 2.05) is 6.92 Å². The van der Waals surface area contributed by atoms with Gasteiger partial charge in [-0.15, -0.1) is 11.3 Å². The molecule has 9 nitrogen and oxygen atoms in total. The number of rotatable bonds is 4. The highest BCUT2D eigenvalue weighted by Gasteiger charge is 2.39. The molecule has 0 spiro atoms. The van der Waals surface area contributed by atoms with E-state index in [1.165, 1.54) is 16.2 Å². The first-order valence-corrected chi connectivity index (χ1v) is 11.0. The zero-order valence-electron chi connectivity index (χ0n) is 16.7. The highest BCUT2D eigenvalue weighted by molar-refractivity contribution is 7.10. The van der Waals surface area contributed by atoms with Crippen LogP contribution in [0.1, 0.15) is 45.6 Å². The Labute approximate surface area is 187 Å². The molecule has 2 aliphatic rings. The average molecular weight is 462 g/mol. The molecule has 1 unspecified atom stereocenters. The maximum atomic E-state index is 12.8. The number of halogens is 1. The van der Waals surface area contributed by atoms with Crippen molar-refractivity contribution < 1.29 is 19.2 Å². The quantitative estimate of drug-likeness (QED) is 0.477. The lowest BCUT2D eigenvalue weighted by Crippen LogP contribution is -2.47. The van der Waals surface area contributed by atoms with E-state index in [0.717, 1.165) is 16.0 Å². The highest BCUT2D eigenvalue weighted by atomic mass is 35.5. The van der Waals surface area contributed by atoms with Gasteiger partial charge in [0.15, 0.2) is 0 Å². The second-order valence-corrected chi connectivity index (χ2v) is 8.74. The Bertz CT molecular complexity index is 1090. The van der Waals surface area contributed by atoms with Crippen molar-refractivity contribution in [1.29, 1.82) is 0 Å². The van der Waals surface area contributed by atoms with Gasteiger partial charge in [-0.2, -0.15) is 0 Å². The number of pyridine rings is 1. The molecule has 2 aromatic rings. The van der Waals surface area contributed by atoms with Gasteiger partial charge in [0.05, 0.1) is 12.1 Å². The molecule has 2 aliphatic heterocycles. The molecule has 1 atom stereocenters. The number of carbonyl (C=O) groups excluding carboxylic acids is 4. The second kappa shape index (κ2) is 8.64. The lowest BCUT2D eigenvalue weighted by molar-refractivity contribution is -0.132. The van der Waals surface area contributed by atoms with E-state index in [9.17, 15) is 19.2 Å². The van der Waals surface area contributed by atoms with Crippen LogP contribution in [0.15, 0.2) is 17.5 Å². The van der Waals surface area contributed by atoms with Gasteiger partial charge in [0, 0.05) is 23.2 Å². The fourth-order valence-electron chi connectivity index (χ4n) is 3.63. The second-order valence-electron chi connectivity index (χ2n) is 7.42. The van der Waals surface area contributed by atoms with Crippen molar-refractivity contribution in [3.05, 3.63) is 44.2 Å². The van der Waals surface area contributed by atoms with E-state index in [4.69, 9.17) is 11.6 Å². The Kier molecular flexibility index (Phi) is 5.92. The minimum absolute atomic E-state index is 0.224. The van der Waals surface area contributed by atoms with E-state index in [0.29, 0.717) is 29.4 Å². The number of fused-ring (bicyclic) bond motifs is 1. The topological polar surface area (TPSA) is 120 Å². The van der Waals surface area contributed by atoms with Crippen molar-refractivity contribution in [1.82, 2.24) is 20.5 Å². The van der Waals surface area contributed by atoms with Gasteiger partial charge in [-0.05, 0) is 37.0 Å². The van der Waals surface area contributed by atoms with Crippen LogP contribution in [-0.2, 0) is 22.7 Å². The summed E-state index contributed by atoms with van der Waals surface area (Å²) in [5.41, 5.74) is 2.15. The summed E-state index contributed by atoms with van der Waals surface area (Å²) in [6, 6.07) is 2.30. The summed E-state index contributed by atoms with van der Waals surface area (Å²) in [5.74, 6) is -0.642. The van der Waals surface area contributed by atoms with Crippen LogP contribution < -0.4 is 16.0 Å². The third-order valence-electron chi connectivity index (χ3n) is 5.31. The van der Waals surface area contributed by atoms with Crippen LogP contribution >= 0.6 is 22.9 Å². The molecule has 11 heteroatoms. The summed E-state index contributed by atoms with van der Waals surface area (Å²) in [7, 11) is 0.